The molecule has 0 radical (unpaired) electrons. The topological polar surface area (TPSA) is 29.5 Å². The van der Waals surface area contributed by atoms with Gasteiger partial charge >= 0.3 is 0 Å². The number of aliphatic hydroxyl groups is 1. The largest absolute Gasteiger partial charge is 0.489 e. The Morgan fingerprint density at radius 3 is 2.50 bits per heavy atom. The van der Waals surface area contributed by atoms with Crippen molar-refractivity contribution in [2.75, 3.05) is 0 Å². The second-order valence-corrected chi connectivity index (χ2v) is 4.04. The summed E-state index contributed by atoms with van der Waals surface area (Å²) < 4.78 is 5.47. The molecule has 0 aliphatic heterocycles. The molecule has 78 valence electrons. The summed E-state index contributed by atoms with van der Waals surface area (Å²) >= 11 is 11.7. The molecule has 1 N–H and O–H groups in total. The van der Waals surface area contributed by atoms with Crippen LogP contribution in [0, 0.1) is 0 Å². The standard InChI is InChI=1S/C10H12Cl2O2/c1-6(2)14-10-7(5-13)3-8(11)4-9(10)12/h3-4,6,13H,5H2,1-2H3. The summed E-state index contributed by atoms with van der Waals surface area (Å²) in [5.74, 6) is 0.508. The van der Waals surface area contributed by atoms with Gasteiger partial charge in [-0.25, -0.2) is 0 Å². The second-order valence-electron chi connectivity index (χ2n) is 3.20. The lowest BCUT2D eigenvalue weighted by molar-refractivity contribution is 0.226. The van der Waals surface area contributed by atoms with Crippen molar-refractivity contribution >= 4 is 23.2 Å². The van der Waals surface area contributed by atoms with Gasteiger partial charge in [0.15, 0.2) is 0 Å². The summed E-state index contributed by atoms with van der Waals surface area (Å²) in [5.41, 5.74) is 0.608. The summed E-state index contributed by atoms with van der Waals surface area (Å²) in [4.78, 5) is 0. The molecule has 0 unspecified atom stereocenters. The Morgan fingerprint density at radius 2 is 2.00 bits per heavy atom. The van der Waals surface area contributed by atoms with Crippen LogP contribution in [-0.2, 0) is 6.61 Å². The van der Waals surface area contributed by atoms with Gasteiger partial charge in [-0.3, -0.25) is 0 Å². The maximum atomic E-state index is 9.08. The molecule has 0 amide bonds. The highest BCUT2D eigenvalue weighted by molar-refractivity contribution is 6.35. The second kappa shape index (κ2) is 4.87. The van der Waals surface area contributed by atoms with E-state index in [1.54, 1.807) is 12.1 Å². The van der Waals surface area contributed by atoms with Gasteiger partial charge in [-0.05, 0) is 26.0 Å². The van der Waals surface area contributed by atoms with E-state index in [-0.39, 0.29) is 12.7 Å². The van der Waals surface area contributed by atoms with Crippen LogP contribution in [0.5, 0.6) is 5.75 Å². The molecule has 0 saturated carbocycles. The quantitative estimate of drug-likeness (QED) is 0.871. The lowest BCUT2D eigenvalue weighted by atomic mass is 10.2. The Labute approximate surface area is 93.4 Å². The van der Waals surface area contributed by atoms with Crippen LogP contribution in [0.4, 0.5) is 0 Å². The third kappa shape index (κ3) is 2.77. The lowest BCUT2D eigenvalue weighted by Crippen LogP contribution is -2.08. The summed E-state index contributed by atoms with van der Waals surface area (Å²) in [6, 6.07) is 3.24. The molecule has 1 aromatic carbocycles. The van der Waals surface area contributed by atoms with Crippen LogP contribution in [0.1, 0.15) is 19.4 Å². The minimum absolute atomic E-state index is 0.0129. The van der Waals surface area contributed by atoms with E-state index in [4.69, 9.17) is 33.0 Å². The number of halogens is 2. The van der Waals surface area contributed by atoms with Crippen molar-refractivity contribution in [1.82, 2.24) is 0 Å². The summed E-state index contributed by atoms with van der Waals surface area (Å²) in [6.07, 6.45) is 0.0129. The number of ether oxygens (including phenoxy) is 1. The average molecular weight is 235 g/mol. The van der Waals surface area contributed by atoms with Gasteiger partial charge in [0.1, 0.15) is 5.75 Å². The molecule has 14 heavy (non-hydrogen) atoms. The van der Waals surface area contributed by atoms with Crippen molar-refractivity contribution in [1.29, 1.82) is 0 Å². The van der Waals surface area contributed by atoms with E-state index >= 15 is 0 Å². The number of hydrogen-bond donors (Lipinski definition) is 1. The highest BCUT2D eigenvalue weighted by atomic mass is 35.5. The fraction of sp³-hybridized carbons (Fsp3) is 0.400. The van der Waals surface area contributed by atoms with Crippen molar-refractivity contribution in [2.24, 2.45) is 0 Å². The van der Waals surface area contributed by atoms with E-state index in [9.17, 15) is 0 Å². The molecule has 0 aromatic heterocycles. The summed E-state index contributed by atoms with van der Waals surface area (Å²) in [5, 5.41) is 10.0. The molecule has 0 aliphatic carbocycles. The minimum Gasteiger partial charge on any atom is -0.489 e. The summed E-state index contributed by atoms with van der Waals surface area (Å²) in [6.45, 7) is 3.65. The molecular formula is C10H12Cl2O2. The van der Waals surface area contributed by atoms with Gasteiger partial charge in [0.25, 0.3) is 0 Å². The molecule has 1 aromatic rings. The van der Waals surface area contributed by atoms with E-state index in [0.717, 1.165) is 0 Å². The Bertz CT molecular complexity index is 324. The fourth-order valence-corrected chi connectivity index (χ4v) is 1.68. The van der Waals surface area contributed by atoms with Crippen molar-refractivity contribution in [3.8, 4) is 5.75 Å². The van der Waals surface area contributed by atoms with Gasteiger partial charge < -0.3 is 9.84 Å². The van der Waals surface area contributed by atoms with Crippen LogP contribution in [0.2, 0.25) is 10.0 Å². The molecule has 4 heteroatoms. The minimum atomic E-state index is -0.137. The van der Waals surface area contributed by atoms with Crippen LogP contribution in [0.15, 0.2) is 12.1 Å². The predicted octanol–water partition coefficient (Wildman–Crippen LogP) is 3.27. The SMILES string of the molecule is CC(C)Oc1c(Cl)cc(Cl)cc1CO. The van der Waals surface area contributed by atoms with Gasteiger partial charge in [0, 0.05) is 10.6 Å². The van der Waals surface area contributed by atoms with E-state index in [1.165, 1.54) is 0 Å². The van der Waals surface area contributed by atoms with Crippen LogP contribution in [0.25, 0.3) is 0 Å². The van der Waals surface area contributed by atoms with Crippen molar-refractivity contribution in [2.45, 2.75) is 26.6 Å². The predicted molar refractivity (Wildman–Crippen MR) is 58.1 cm³/mol. The van der Waals surface area contributed by atoms with Crippen LogP contribution in [0.3, 0.4) is 0 Å². The molecule has 0 atom stereocenters. The zero-order chi connectivity index (χ0) is 10.7. The maximum absolute atomic E-state index is 9.08. The molecule has 1 rings (SSSR count). The van der Waals surface area contributed by atoms with E-state index in [1.807, 2.05) is 13.8 Å². The lowest BCUT2D eigenvalue weighted by Gasteiger charge is -2.15. The highest BCUT2D eigenvalue weighted by Gasteiger charge is 2.11. The van der Waals surface area contributed by atoms with E-state index in [0.29, 0.717) is 21.4 Å². The van der Waals surface area contributed by atoms with Crippen LogP contribution < -0.4 is 4.74 Å². The van der Waals surface area contributed by atoms with Crippen LogP contribution in [-0.4, -0.2) is 11.2 Å². The molecule has 0 saturated heterocycles. The third-order valence-electron chi connectivity index (χ3n) is 1.61. The highest BCUT2D eigenvalue weighted by Crippen LogP contribution is 2.33. The van der Waals surface area contributed by atoms with Gasteiger partial charge in [-0.2, -0.15) is 0 Å². The first-order valence-corrected chi connectivity index (χ1v) is 5.05. The van der Waals surface area contributed by atoms with Crippen molar-refractivity contribution in [3.63, 3.8) is 0 Å². The van der Waals surface area contributed by atoms with E-state index in [2.05, 4.69) is 0 Å². The smallest absolute Gasteiger partial charge is 0.143 e. The fourth-order valence-electron chi connectivity index (χ4n) is 1.10. The van der Waals surface area contributed by atoms with E-state index < -0.39 is 0 Å². The van der Waals surface area contributed by atoms with Gasteiger partial charge in [0.2, 0.25) is 0 Å². The zero-order valence-electron chi connectivity index (χ0n) is 8.05. The molecule has 0 heterocycles. The number of rotatable bonds is 3. The molecule has 0 spiro atoms. The monoisotopic (exact) mass is 234 g/mol. The average Bonchev–Trinajstić information content (AvgIpc) is 2.08. The Morgan fingerprint density at radius 1 is 1.36 bits per heavy atom. The normalized spacial score (nSPS) is 10.7. The van der Waals surface area contributed by atoms with Crippen molar-refractivity contribution in [3.05, 3.63) is 27.7 Å². The molecule has 0 fully saturated rings. The van der Waals surface area contributed by atoms with Gasteiger partial charge in [-0.15, -0.1) is 0 Å². The van der Waals surface area contributed by atoms with Crippen LogP contribution >= 0.6 is 23.2 Å². The molecule has 0 aliphatic rings. The first kappa shape index (κ1) is 11.6. The Hall–Kier alpha value is -0.440. The number of aliphatic hydroxyl groups excluding tert-OH is 1. The van der Waals surface area contributed by atoms with Crippen molar-refractivity contribution < 1.29 is 9.84 Å². The Kier molecular flexibility index (Phi) is 4.05. The van der Waals surface area contributed by atoms with Gasteiger partial charge in [0.05, 0.1) is 17.7 Å². The molecular weight excluding hydrogens is 223 g/mol. The molecule has 2 nitrogen and oxygen atoms in total. The first-order valence-electron chi connectivity index (χ1n) is 4.30. The number of hydrogen-bond acceptors (Lipinski definition) is 2. The third-order valence-corrected chi connectivity index (χ3v) is 2.11. The molecule has 0 bridgehead atoms. The zero-order valence-corrected chi connectivity index (χ0v) is 9.56. The Balaban J connectivity index is 3.11. The summed E-state index contributed by atoms with van der Waals surface area (Å²) in [7, 11) is 0. The number of benzene rings is 1. The van der Waals surface area contributed by atoms with Gasteiger partial charge in [-0.1, -0.05) is 23.2 Å². The maximum Gasteiger partial charge on any atom is 0.143 e. The first-order chi connectivity index (χ1) is 6.54.